The molecule has 0 saturated heterocycles. The number of imide groups is 2. The summed E-state index contributed by atoms with van der Waals surface area (Å²) in [6.07, 6.45) is 0.868. The van der Waals surface area contributed by atoms with Crippen molar-refractivity contribution in [3.8, 4) is 33.6 Å². The SMILES string of the molecule is CC(C)C(NC(c1nc(-c2ccc(-c3ccc(-c4c[nH]c([C@H](N[C@H](C(=O)NC(=O)O)C(C)C)C(C)C)n4)cc3)cc2)c[nH]1)C(C)C)C(=O)NC(=O)O. The van der Waals surface area contributed by atoms with E-state index in [0.29, 0.717) is 11.6 Å². The number of H-pyrrole nitrogens is 2. The molecule has 278 valence electrons. The fourth-order valence-corrected chi connectivity index (χ4v) is 6.02. The van der Waals surface area contributed by atoms with E-state index in [-0.39, 0.29) is 35.8 Å². The average Bonchev–Trinajstić information content (AvgIpc) is 3.75. The third kappa shape index (κ3) is 9.92. The van der Waals surface area contributed by atoms with E-state index >= 15 is 0 Å². The number of rotatable bonds is 15. The number of hydrogen-bond acceptors (Lipinski definition) is 8. The lowest BCUT2D eigenvalue weighted by Crippen LogP contribution is -2.50. The van der Waals surface area contributed by atoms with E-state index in [1.807, 2.05) is 127 Å². The third-order valence-electron chi connectivity index (χ3n) is 8.89. The molecule has 14 heteroatoms. The van der Waals surface area contributed by atoms with Crippen LogP contribution in [-0.4, -0.2) is 66.2 Å². The van der Waals surface area contributed by atoms with E-state index in [0.717, 1.165) is 33.6 Å². The molecule has 2 heterocycles. The number of nitrogens with zero attached hydrogens (tertiary/aromatic N) is 2. The zero-order chi connectivity index (χ0) is 38.3. The molecule has 0 spiro atoms. The summed E-state index contributed by atoms with van der Waals surface area (Å²) in [5, 5.41) is 28.6. The van der Waals surface area contributed by atoms with Gasteiger partial charge in [-0.2, -0.15) is 0 Å². The van der Waals surface area contributed by atoms with Crippen LogP contribution in [0.4, 0.5) is 9.59 Å². The Morgan fingerprint density at radius 3 is 1.10 bits per heavy atom. The van der Waals surface area contributed by atoms with Gasteiger partial charge in [-0.1, -0.05) is 104 Å². The van der Waals surface area contributed by atoms with E-state index in [4.69, 9.17) is 20.2 Å². The highest BCUT2D eigenvalue weighted by Gasteiger charge is 2.31. The van der Waals surface area contributed by atoms with Gasteiger partial charge in [-0.3, -0.25) is 30.9 Å². The Morgan fingerprint density at radius 2 is 0.827 bits per heavy atom. The van der Waals surface area contributed by atoms with Crippen molar-refractivity contribution in [1.82, 2.24) is 41.2 Å². The third-order valence-corrected chi connectivity index (χ3v) is 8.89. The number of carbonyl (C=O) groups excluding carboxylic acids is 2. The fraction of sp³-hybridized carbons (Fsp3) is 0.421. The van der Waals surface area contributed by atoms with Gasteiger partial charge in [0, 0.05) is 23.5 Å². The number of benzene rings is 2. The van der Waals surface area contributed by atoms with Crippen LogP contribution in [0.2, 0.25) is 0 Å². The lowest BCUT2D eigenvalue weighted by molar-refractivity contribution is -0.124. The highest BCUT2D eigenvalue weighted by Crippen LogP contribution is 2.30. The molecule has 0 radical (unpaired) electrons. The highest BCUT2D eigenvalue weighted by atomic mass is 16.4. The monoisotopic (exact) mass is 714 g/mol. The van der Waals surface area contributed by atoms with Gasteiger partial charge >= 0.3 is 12.2 Å². The molecule has 0 aliphatic heterocycles. The largest absolute Gasteiger partial charge is 0.465 e. The maximum atomic E-state index is 12.6. The van der Waals surface area contributed by atoms with Crippen LogP contribution in [0.1, 0.15) is 79.1 Å². The average molecular weight is 715 g/mol. The molecule has 52 heavy (non-hydrogen) atoms. The van der Waals surface area contributed by atoms with Crippen molar-refractivity contribution in [2.45, 2.75) is 79.6 Å². The number of carboxylic acid groups (broad SMARTS) is 2. The lowest BCUT2D eigenvalue weighted by atomic mass is 9.97. The zero-order valence-corrected chi connectivity index (χ0v) is 30.8. The Kier molecular flexibility index (Phi) is 13.1. The van der Waals surface area contributed by atoms with E-state index in [9.17, 15) is 19.2 Å². The summed E-state index contributed by atoms with van der Waals surface area (Å²) in [5.74, 6) is -0.0981. The van der Waals surface area contributed by atoms with Crippen molar-refractivity contribution >= 4 is 24.0 Å². The minimum Gasteiger partial charge on any atom is -0.465 e. The minimum absolute atomic E-state index is 0.0560. The lowest BCUT2D eigenvalue weighted by Gasteiger charge is -2.28. The Bertz CT molecular complexity index is 1690. The summed E-state index contributed by atoms with van der Waals surface area (Å²) < 4.78 is 0. The van der Waals surface area contributed by atoms with Gasteiger partial charge in [0.05, 0.1) is 35.6 Å². The predicted molar refractivity (Wildman–Crippen MR) is 198 cm³/mol. The Labute approximate surface area is 303 Å². The molecular weight excluding hydrogens is 664 g/mol. The van der Waals surface area contributed by atoms with Gasteiger partial charge in [-0.25, -0.2) is 19.6 Å². The summed E-state index contributed by atoms with van der Waals surface area (Å²) >= 11 is 0. The first-order valence-electron chi connectivity index (χ1n) is 17.5. The molecule has 0 fully saturated rings. The van der Waals surface area contributed by atoms with E-state index in [1.165, 1.54) is 0 Å². The normalized spacial score (nSPS) is 14.0. The van der Waals surface area contributed by atoms with E-state index in [2.05, 4.69) is 20.6 Å². The molecule has 4 atom stereocenters. The van der Waals surface area contributed by atoms with E-state index in [1.54, 1.807) is 0 Å². The quantitative estimate of drug-likeness (QED) is 0.0683. The molecule has 0 aliphatic carbocycles. The van der Waals surface area contributed by atoms with E-state index < -0.39 is 36.1 Å². The summed E-state index contributed by atoms with van der Waals surface area (Å²) in [4.78, 5) is 63.5. The Hall–Kier alpha value is -5.34. The smallest absolute Gasteiger partial charge is 0.411 e. The van der Waals surface area contributed by atoms with Crippen molar-refractivity contribution in [1.29, 1.82) is 0 Å². The summed E-state index contributed by atoms with van der Waals surface area (Å²) in [7, 11) is 0. The maximum Gasteiger partial charge on any atom is 0.411 e. The van der Waals surface area contributed by atoms with Crippen LogP contribution in [0.15, 0.2) is 60.9 Å². The molecule has 4 aromatic rings. The molecule has 0 saturated carbocycles. The van der Waals surface area contributed by atoms with Crippen molar-refractivity contribution in [2.75, 3.05) is 0 Å². The first-order valence-corrected chi connectivity index (χ1v) is 17.5. The molecule has 14 nitrogen and oxygen atoms in total. The second-order valence-corrected chi connectivity index (χ2v) is 14.3. The van der Waals surface area contributed by atoms with Crippen molar-refractivity contribution in [3.05, 3.63) is 72.6 Å². The van der Waals surface area contributed by atoms with Gasteiger partial charge in [-0.15, -0.1) is 0 Å². The molecule has 4 rings (SSSR count). The van der Waals surface area contributed by atoms with Gasteiger partial charge < -0.3 is 20.2 Å². The number of aromatic nitrogens is 4. The molecule has 8 N–H and O–H groups in total. The number of hydrogen-bond donors (Lipinski definition) is 8. The number of carbonyl (C=O) groups is 4. The number of imidazole rings is 2. The standard InChI is InChI=1S/C38H50N8O6/c1-19(2)29(43-31(21(5)6)35(47)45-37(49)50)33-39-17-27(41-33)25-13-9-23(10-14-25)24-11-15-26(16-12-24)28-18-40-34(42-28)30(20(3)4)44-32(22(7)8)36(48)46-38(51)52/h9-22,29-32,43-44H,1-8H3,(H,39,41)(H,40,42)(H,45,47)(H,46,48)(H,49,50)(H,51,52)/t29-,30?,31+,32?/m1/s1. The Morgan fingerprint density at radius 1 is 0.519 bits per heavy atom. The predicted octanol–water partition coefficient (Wildman–Crippen LogP) is 6.34. The number of amides is 4. The molecule has 0 aliphatic rings. The molecule has 2 unspecified atom stereocenters. The van der Waals surface area contributed by atoms with Crippen LogP contribution in [0.25, 0.3) is 33.6 Å². The molecule has 2 aromatic heterocycles. The van der Waals surface area contributed by atoms with Gasteiger partial charge in [0.25, 0.3) is 0 Å². The second-order valence-electron chi connectivity index (χ2n) is 14.3. The topological polar surface area (TPSA) is 214 Å². The molecule has 0 bridgehead atoms. The second kappa shape index (κ2) is 17.2. The van der Waals surface area contributed by atoms with Crippen molar-refractivity contribution in [3.63, 3.8) is 0 Å². The fourth-order valence-electron chi connectivity index (χ4n) is 6.02. The highest BCUT2D eigenvalue weighted by molar-refractivity contribution is 5.94. The van der Waals surface area contributed by atoms with Crippen LogP contribution < -0.4 is 21.3 Å². The van der Waals surface area contributed by atoms with Crippen molar-refractivity contribution in [2.24, 2.45) is 23.7 Å². The zero-order valence-electron chi connectivity index (χ0n) is 30.8. The molecule has 4 amide bonds. The maximum absolute atomic E-state index is 12.6. The first-order chi connectivity index (χ1) is 24.5. The summed E-state index contributed by atoms with van der Waals surface area (Å²) in [6.45, 7) is 15.5. The summed E-state index contributed by atoms with van der Waals surface area (Å²) in [5.41, 5.74) is 5.34. The summed E-state index contributed by atoms with van der Waals surface area (Å²) in [6, 6.07) is 14.0. The van der Waals surface area contributed by atoms with Crippen LogP contribution in [0.3, 0.4) is 0 Å². The van der Waals surface area contributed by atoms with Crippen LogP contribution in [0, 0.1) is 23.7 Å². The Balaban J connectivity index is 1.47. The van der Waals surface area contributed by atoms with Crippen LogP contribution in [-0.2, 0) is 9.59 Å². The van der Waals surface area contributed by atoms with Gasteiger partial charge in [0.15, 0.2) is 0 Å². The van der Waals surface area contributed by atoms with Gasteiger partial charge in [0.1, 0.15) is 11.6 Å². The van der Waals surface area contributed by atoms with Gasteiger partial charge in [-0.05, 0) is 34.8 Å². The first kappa shape index (κ1) is 39.4. The van der Waals surface area contributed by atoms with Gasteiger partial charge in [0.2, 0.25) is 11.8 Å². The number of nitrogens with one attached hydrogen (secondary N) is 6. The minimum atomic E-state index is -1.39. The van der Waals surface area contributed by atoms with Crippen molar-refractivity contribution < 1.29 is 29.4 Å². The number of aromatic amines is 2. The van der Waals surface area contributed by atoms with Crippen LogP contribution in [0.5, 0.6) is 0 Å². The molecular formula is C38H50N8O6. The van der Waals surface area contributed by atoms with Crippen LogP contribution >= 0.6 is 0 Å². The molecule has 2 aromatic carbocycles.